The number of nitrogens with zero attached hydrogens (tertiary/aromatic N) is 2. The van der Waals surface area contributed by atoms with Crippen molar-refractivity contribution in [3.63, 3.8) is 0 Å². The maximum Gasteiger partial charge on any atom is 0.270 e. The third-order valence-corrected chi connectivity index (χ3v) is 10.3. The van der Waals surface area contributed by atoms with Gasteiger partial charge in [-0.15, -0.1) is 0 Å². The summed E-state index contributed by atoms with van der Waals surface area (Å²) in [6.07, 6.45) is 0. The summed E-state index contributed by atoms with van der Waals surface area (Å²) >= 11 is 11.2. The number of imide groups is 1. The highest BCUT2D eigenvalue weighted by molar-refractivity contribution is 9.10. The third kappa shape index (κ3) is 2.42. The lowest BCUT2D eigenvalue weighted by Gasteiger charge is -2.55. The van der Waals surface area contributed by atoms with Crippen LogP contribution in [-0.2, 0) is 18.2 Å². The Morgan fingerprint density at radius 3 is 1.58 bits per heavy atom. The summed E-state index contributed by atoms with van der Waals surface area (Å²) in [4.78, 5) is 39.8. The summed E-state index contributed by atoms with van der Waals surface area (Å²) in [5.74, 6) is -2.08. The van der Waals surface area contributed by atoms with Crippen LogP contribution in [0.5, 0.6) is 0 Å². The lowest BCUT2D eigenvalue weighted by atomic mass is 9.54. The van der Waals surface area contributed by atoms with Crippen LogP contribution in [0.25, 0.3) is 0 Å². The molecule has 1 aliphatic heterocycles. The van der Waals surface area contributed by atoms with E-state index in [9.17, 15) is 19.7 Å². The van der Waals surface area contributed by atoms with E-state index in [2.05, 4.69) is 47.8 Å². The zero-order chi connectivity index (χ0) is 23.3. The molecule has 9 heteroatoms. The highest BCUT2D eigenvalue weighted by atomic mass is 79.9. The van der Waals surface area contributed by atoms with Crippen molar-refractivity contribution < 1.29 is 14.5 Å². The maximum absolute atomic E-state index is 14.0. The number of amides is 2. The molecular formula is C24H13Br3N2O4. The SMILES string of the molecule is O=C1[C@@H]2[C@H](C(=O)N1c1ccc([N+](=O)[O-])cc1Br)C1(Br)c3ccccc3C2(Br)c2ccccc21. The second-order valence-corrected chi connectivity index (χ2v) is 11.7. The zero-order valence-electron chi connectivity index (χ0n) is 16.7. The van der Waals surface area contributed by atoms with Gasteiger partial charge in [-0.05, 0) is 44.3 Å². The number of anilines is 1. The molecule has 164 valence electrons. The molecule has 33 heavy (non-hydrogen) atoms. The van der Waals surface area contributed by atoms with E-state index in [1.165, 1.54) is 23.1 Å². The normalized spacial score (nSPS) is 29.0. The number of nitro benzene ring substituents is 1. The Bertz CT molecular complexity index is 1300. The van der Waals surface area contributed by atoms with Gasteiger partial charge >= 0.3 is 0 Å². The van der Waals surface area contributed by atoms with E-state index in [1.54, 1.807) is 0 Å². The molecule has 0 aromatic heterocycles. The third-order valence-electron chi connectivity index (χ3n) is 6.97. The van der Waals surface area contributed by atoms with Crippen LogP contribution in [0.15, 0.2) is 71.2 Å². The zero-order valence-corrected chi connectivity index (χ0v) is 21.4. The standard InChI is InChI=1S/C24H13Br3N2O4/c25-17-11-12(29(32)33)9-10-18(17)28-21(30)19-20(22(28)31)24(27)14-6-2-1-5-13(14)23(19,26)15-7-3-4-8-16(15)24/h1-11,19-20H/t19-,20+,23?,24?. The molecule has 6 nitrogen and oxygen atoms in total. The molecule has 1 heterocycles. The van der Waals surface area contributed by atoms with Crippen molar-refractivity contribution in [2.75, 3.05) is 4.90 Å². The van der Waals surface area contributed by atoms with Gasteiger partial charge < -0.3 is 0 Å². The number of hydrogen-bond acceptors (Lipinski definition) is 4. The summed E-state index contributed by atoms with van der Waals surface area (Å²) in [6.45, 7) is 0. The van der Waals surface area contributed by atoms with Gasteiger partial charge in [-0.3, -0.25) is 19.7 Å². The Morgan fingerprint density at radius 1 is 0.788 bits per heavy atom. The summed E-state index contributed by atoms with van der Waals surface area (Å²) in [6, 6.07) is 19.8. The molecule has 3 aliphatic carbocycles. The minimum Gasteiger partial charge on any atom is -0.274 e. The molecule has 0 unspecified atom stereocenters. The van der Waals surface area contributed by atoms with Gasteiger partial charge in [0.1, 0.15) is 0 Å². The Labute approximate surface area is 213 Å². The van der Waals surface area contributed by atoms with Gasteiger partial charge in [0.15, 0.2) is 0 Å². The summed E-state index contributed by atoms with van der Waals surface area (Å²) < 4.78 is -1.45. The molecule has 2 amide bonds. The molecule has 2 bridgehead atoms. The second-order valence-electron chi connectivity index (χ2n) is 8.37. The Balaban J connectivity index is 1.61. The maximum atomic E-state index is 14.0. The van der Waals surface area contributed by atoms with Gasteiger partial charge in [-0.1, -0.05) is 80.4 Å². The van der Waals surface area contributed by atoms with Gasteiger partial charge in [-0.25, -0.2) is 4.90 Å². The highest BCUT2D eigenvalue weighted by Gasteiger charge is 2.72. The van der Waals surface area contributed by atoms with Crippen LogP contribution in [0.2, 0.25) is 0 Å². The van der Waals surface area contributed by atoms with Gasteiger partial charge in [0.2, 0.25) is 11.8 Å². The van der Waals surface area contributed by atoms with Crippen molar-refractivity contribution >= 4 is 71.0 Å². The smallest absolute Gasteiger partial charge is 0.270 e. The van der Waals surface area contributed by atoms with Gasteiger partial charge in [0.25, 0.3) is 5.69 Å². The Hall–Kier alpha value is -2.36. The molecule has 7 rings (SSSR count). The number of non-ortho nitro benzene ring substituents is 1. The number of halogens is 3. The first-order chi connectivity index (χ1) is 15.7. The number of benzene rings is 3. The lowest BCUT2D eigenvalue weighted by molar-refractivity contribution is -0.384. The first-order valence-electron chi connectivity index (χ1n) is 10.1. The van der Waals surface area contributed by atoms with Crippen LogP contribution in [0.3, 0.4) is 0 Å². The molecular weight excluding hydrogens is 620 g/mol. The number of alkyl halides is 2. The monoisotopic (exact) mass is 630 g/mol. The largest absolute Gasteiger partial charge is 0.274 e. The van der Waals surface area contributed by atoms with E-state index in [-0.39, 0.29) is 17.5 Å². The molecule has 0 radical (unpaired) electrons. The number of rotatable bonds is 2. The molecule has 1 fully saturated rings. The van der Waals surface area contributed by atoms with Crippen molar-refractivity contribution in [2.24, 2.45) is 11.8 Å². The quantitative estimate of drug-likeness (QED) is 0.156. The lowest BCUT2D eigenvalue weighted by Crippen LogP contribution is -2.56. The molecule has 0 saturated carbocycles. The van der Waals surface area contributed by atoms with Crippen LogP contribution >= 0.6 is 47.8 Å². The molecule has 2 atom stereocenters. The predicted molar refractivity (Wildman–Crippen MR) is 133 cm³/mol. The minimum absolute atomic E-state index is 0.129. The fourth-order valence-corrected chi connectivity index (χ4v) is 8.54. The first kappa shape index (κ1) is 21.2. The number of carbonyl (C=O) groups excluding carboxylic acids is 2. The summed E-state index contributed by atoms with van der Waals surface area (Å²) in [7, 11) is 0. The van der Waals surface area contributed by atoms with Crippen LogP contribution in [0, 0.1) is 22.0 Å². The fraction of sp³-hybridized carbons (Fsp3) is 0.167. The van der Waals surface area contributed by atoms with E-state index in [1.807, 2.05) is 48.5 Å². The van der Waals surface area contributed by atoms with Crippen molar-refractivity contribution in [1.82, 2.24) is 0 Å². The molecule has 3 aromatic rings. The summed E-state index contributed by atoms with van der Waals surface area (Å²) in [5.41, 5.74) is 3.97. The Kier molecular flexibility index (Phi) is 4.39. The number of hydrogen-bond donors (Lipinski definition) is 0. The van der Waals surface area contributed by atoms with Gasteiger partial charge in [-0.2, -0.15) is 0 Å². The highest BCUT2D eigenvalue weighted by Crippen LogP contribution is 2.71. The second kappa shape index (κ2) is 6.84. The topological polar surface area (TPSA) is 80.5 Å². The van der Waals surface area contributed by atoms with Crippen LogP contribution in [-0.4, -0.2) is 16.7 Å². The molecule has 4 aliphatic rings. The first-order valence-corrected chi connectivity index (χ1v) is 12.5. The van der Waals surface area contributed by atoms with E-state index >= 15 is 0 Å². The average molecular weight is 633 g/mol. The average Bonchev–Trinajstić information content (AvgIpc) is 3.08. The van der Waals surface area contributed by atoms with Crippen molar-refractivity contribution in [3.8, 4) is 0 Å². The summed E-state index contributed by atoms with van der Waals surface area (Å²) in [5, 5.41) is 11.2. The predicted octanol–water partition coefficient (Wildman–Crippen LogP) is 5.77. The number of nitro groups is 1. The van der Waals surface area contributed by atoms with Gasteiger partial charge in [0, 0.05) is 16.6 Å². The van der Waals surface area contributed by atoms with Crippen molar-refractivity contribution in [1.29, 1.82) is 0 Å². The van der Waals surface area contributed by atoms with Crippen molar-refractivity contribution in [2.45, 2.75) is 8.65 Å². The van der Waals surface area contributed by atoms with E-state index in [0.29, 0.717) is 10.2 Å². The molecule has 3 aromatic carbocycles. The Morgan fingerprint density at radius 2 is 1.21 bits per heavy atom. The fourth-order valence-electron chi connectivity index (χ4n) is 5.70. The van der Waals surface area contributed by atoms with Crippen LogP contribution in [0.4, 0.5) is 11.4 Å². The molecule has 0 spiro atoms. The van der Waals surface area contributed by atoms with Crippen molar-refractivity contribution in [3.05, 3.63) is 104 Å². The molecule has 0 N–H and O–H groups in total. The minimum atomic E-state index is -0.880. The van der Waals surface area contributed by atoms with E-state index in [4.69, 9.17) is 0 Å². The number of carbonyl (C=O) groups is 2. The van der Waals surface area contributed by atoms with E-state index < -0.39 is 25.4 Å². The van der Waals surface area contributed by atoms with E-state index in [0.717, 1.165) is 22.3 Å². The molecule has 1 saturated heterocycles. The van der Waals surface area contributed by atoms with Gasteiger partial charge in [0.05, 0.1) is 31.1 Å². The van der Waals surface area contributed by atoms with Crippen LogP contribution < -0.4 is 4.90 Å². The van der Waals surface area contributed by atoms with Crippen LogP contribution in [0.1, 0.15) is 22.3 Å².